The Labute approximate surface area is 127 Å². The van der Waals surface area contributed by atoms with Crippen LogP contribution in [-0.4, -0.2) is 33.4 Å². The van der Waals surface area contributed by atoms with Crippen molar-refractivity contribution in [2.75, 3.05) is 38.3 Å². The van der Waals surface area contributed by atoms with Gasteiger partial charge in [-0.2, -0.15) is 0 Å². The lowest BCUT2D eigenvalue weighted by atomic mass is 9.99. The molecule has 1 fully saturated rings. The Hall–Kier alpha value is -0.770. The van der Waals surface area contributed by atoms with E-state index in [0.29, 0.717) is 0 Å². The molecule has 1 atom stereocenters. The van der Waals surface area contributed by atoms with Crippen LogP contribution in [0.15, 0.2) is 18.2 Å². The Kier molecular flexibility index (Phi) is 6.14. The van der Waals surface area contributed by atoms with E-state index >= 15 is 0 Å². The van der Waals surface area contributed by atoms with E-state index in [1.165, 1.54) is 24.1 Å². The molecule has 1 aromatic rings. The van der Waals surface area contributed by atoms with Crippen LogP contribution in [0.2, 0.25) is 5.02 Å². The number of nitrogens with zero attached hydrogens (tertiary/aromatic N) is 1. The maximum absolute atomic E-state index is 6.46. The lowest BCUT2D eigenvalue weighted by Crippen LogP contribution is -2.35. The fraction of sp³-hybridized carbons (Fsp3) is 0.625. The molecule has 0 aromatic heterocycles. The average Bonchev–Trinajstić information content (AvgIpc) is 2.44. The molecule has 1 saturated heterocycles. The van der Waals surface area contributed by atoms with Gasteiger partial charge in [-0.1, -0.05) is 30.7 Å². The van der Waals surface area contributed by atoms with Crippen LogP contribution in [-0.2, 0) is 11.3 Å². The number of hydrogen-bond donors (Lipinski definition) is 1. The number of ether oxygens (including phenoxy) is 1. The smallest absolute Gasteiger partial charge is 0.0642 e. The van der Waals surface area contributed by atoms with Crippen molar-refractivity contribution >= 4 is 17.3 Å². The monoisotopic (exact) mass is 296 g/mol. The zero-order valence-corrected chi connectivity index (χ0v) is 13.2. The average molecular weight is 297 g/mol. The maximum Gasteiger partial charge on any atom is 0.0642 e. The Morgan fingerprint density at radius 1 is 1.45 bits per heavy atom. The van der Waals surface area contributed by atoms with Crippen molar-refractivity contribution in [1.29, 1.82) is 0 Å². The molecular formula is C16H25ClN2O. The van der Waals surface area contributed by atoms with E-state index in [0.717, 1.165) is 43.7 Å². The molecule has 0 spiro atoms. The number of piperidine rings is 1. The predicted molar refractivity (Wildman–Crippen MR) is 85.6 cm³/mol. The molecule has 1 N–H and O–H groups in total. The van der Waals surface area contributed by atoms with E-state index in [9.17, 15) is 0 Å². The van der Waals surface area contributed by atoms with Gasteiger partial charge in [-0.05, 0) is 30.4 Å². The highest BCUT2D eigenvalue weighted by molar-refractivity contribution is 6.33. The summed E-state index contributed by atoms with van der Waals surface area (Å²) in [6.07, 6.45) is 2.57. The molecule has 0 saturated carbocycles. The molecule has 3 nitrogen and oxygen atoms in total. The zero-order chi connectivity index (χ0) is 14.4. The van der Waals surface area contributed by atoms with Crippen molar-refractivity contribution in [1.82, 2.24) is 5.32 Å². The Morgan fingerprint density at radius 3 is 3.05 bits per heavy atom. The molecule has 4 heteroatoms. The van der Waals surface area contributed by atoms with E-state index < -0.39 is 0 Å². The number of rotatable bonds is 6. The van der Waals surface area contributed by atoms with Gasteiger partial charge in [-0.25, -0.2) is 0 Å². The number of anilines is 1. The minimum absolute atomic E-state index is 0.733. The second-order valence-electron chi connectivity index (χ2n) is 5.61. The largest absolute Gasteiger partial charge is 0.383 e. The molecule has 1 aliphatic heterocycles. The minimum Gasteiger partial charge on any atom is -0.383 e. The summed E-state index contributed by atoms with van der Waals surface area (Å²) in [4.78, 5) is 2.45. The Morgan fingerprint density at radius 2 is 2.30 bits per heavy atom. The van der Waals surface area contributed by atoms with E-state index in [-0.39, 0.29) is 0 Å². The topological polar surface area (TPSA) is 24.5 Å². The predicted octanol–water partition coefficient (Wildman–Crippen LogP) is 3.31. The van der Waals surface area contributed by atoms with Crippen LogP contribution in [0.5, 0.6) is 0 Å². The van der Waals surface area contributed by atoms with Crippen molar-refractivity contribution < 1.29 is 4.74 Å². The highest BCUT2D eigenvalue weighted by Crippen LogP contribution is 2.33. The number of para-hydroxylation sites is 1. The number of hydrogen-bond acceptors (Lipinski definition) is 3. The summed E-state index contributed by atoms with van der Waals surface area (Å²) in [5.41, 5.74) is 2.49. The van der Waals surface area contributed by atoms with Gasteiger partial charge in [0, 0.05) is 33.3 Å². The van der Waals surface area contributed by atoms with Gasteiger partial charge in [0.15, 0.2) is 0 Å². The molecule has 0 radical (unpaired) electrons. The number of benzene rings is 1. The molecule has 20 heavy (non-hydrogen) atoms. The van der Waals surface area contributed by atoms with Crippen LogP contribution in [0.25, 0.3) is 0 Å². The summed E-state index contributed by atoms with van der Waals surface area (Å²) in [6, 6.07) is 6.20. The quantitative estimate of drug-likeness (QED) is 0.815. The van der Waals surface area contributed by atoms with Gasteiger partial charge in [0.2, 0.25) is 0 Å². The second kappa shape index (κ2) is 7.87. The Bertz CT molecular complexity index is 425. The number of nitrogens with one attached hydrogen (secondary N) is 1. The minimum atomic E-state index is 0.733. The first-order valence-electron chi connectivity index (χ1n) is 7.44. The summed E-state index contributed by atoms with van der Waals surface area (Å²) in [5, 5.41) is 4.28. The molecule has 1 aromatic carbocycles. The van der Waals surface area contributed by atoms with E-state index in [2.05, 4.69) is 23.2 Å². The second-order valence-corrected chi connectivity index (χ2v) is 6.02. The molecule has 0 amide bonds. The molecule has 1 heterocycles. The van der Waals surface area contributed by atoms with Crippen LogP contribution in [0, 0.1) is 5.92 Å². The Balaban J connectivity index is 2.09. The molecule has 1 aliphatic rings. The van der Waals surface area contributed by atoms with Crippen LogP contribution < -0.4 is 10.2 Å². The number of methoxy groups -OCH3 is 1. The van der Waals surface area contributed by atoms with Crippen molar-refractivity contribution in [2.24, 2.45) is 5.92 Å². The van der Waals surface area contributed by atoms with Gasteiger partial charge >= 0.3 is 0 Å². The first kappa shape index (κ1) is 15.6. The first-order valence-corrected chi connectivity index (χ1v) is 7.82. The summed E-state index contributed by atoms with van der Waals surface area (Å²) in [6.45, 7) is 6.97. The highest BCUT2D eigenvalue weighted by atomic mass is 35.5. The maximum atomic E-state index is 6.46. The van der Waals surface area contributed by atoms with Crippen LogP contribution in [0.1, 0.15) is 25.3 Å². The molecular weight excluding hydrogens is 272 g/mol. The normalized spacial score (nSPS) is 19.4. The van der Waals surface area contributed by atoms with E-state index in [1.54, 1.807) is 7.11 Å². The zero-order valence-electron chi connectivity index (χ0n) is 12.5. The van der Waals surface area contributed by atoms with Gasteiger partial charge in [0.1, 0.15) is 0 Å². The van der Waals surface area contributed by atoms with Gasteiger partial charge in [0.05, 0.1) is 17.3 Å². The molecule has 0 aliphatic carbocycles. The summed E-state index contributed by atoms with van der Waals surface area (Å²) >= 11 is 6.46. The number of halogens is 1. The van der Waals surface area contributed by atoms with Gasteiger partial charge in [-0.3, -0.25) is 0 Å². The van der Waals surface area contributed by atoms with Gasteiger partial charge in [0.25, 0.3) is 0 Å². The lowest BCUT2D eigenvalue weighted by Gasteiger charge is -2.34. The molecule has 2 rings (SSSR count). The lowest BCUT2D eigenvalue weighted by molar-refractivity contribution is 0.199. The fourth-order valence-electron chi connectivity index (χ4n) is 2.85. The molecule has 0 bridgehead atoms. The standard InChI is InChI=1S/C16H25ClN2O/c1-13-5-4-9-19(12-13)16-14(6-3-7-15(16)17)11-18-8-10-20-2/h3,6-7,13,18H,4-5,8-12H2,1-2H3. The third-order valence-corrected chi connectivity index (χ3v) is 4.15. The first-order chi connectivity index (χ1) is 9.72. The van der Waals surface area contributed by atoms with Crippen molar-refractivity contribution in [2.45, 2.75) is 26.3 Å². The summed E-state index contributed by atoms with van der Waals surface area (Å²) in [7, 11) is 1.72. The van der Waals surface area contributed by atoms with Crippen molar-refractivity contribution in [3.63, 3.8) is 0 Å². The van der Waals surface area contributed by atoms with Crippen LogP contribution in [0.3, 0.4) is 0 Å². The van der Waals surface area contributed by atoms with Crippen molar-refractivity contribution in [3.8, 4) is 0 Å². The van der Waals surface area contributed by atoms with E-state index in [4.69, 9.17) is 16.3 Å². The summed E-state index contributed by atoms with van der Waals surface area (Å²) in [5.74, 6) is 0.745. The highest BCUT2D eigenvalue weighted by Gasteiger charge is 2.20. The third kappa shape index (κ3) is 4.11. The van der Waals surface area contributed by atoms with Gasteiger partial charge in [-0.15, -0.1) is 0 Å². The van der Waals surface area contributed by atoms with Crippen molar-refractivity contribution in [3.05, 3.63) is 28.8 Å². The molecule has 112 valence electrons. The van der Waals surface area contributed by atoms with E-state index in [1.807, 2.05) is 12.1 Å². The van der Waals surface area contributed by atoms with Crippen LogP contribution in [0.4, 0.5) is 5.69 Å². The molecule has 1 unspecified atom stereocenters. The SMILES string of the molecule is COCCNCc1cccc(Cl)c1N1CCCC(C)C1. The fourth-order valence-corrected chi connectivity index (χ4v) is 3.16. The van der Waals surface area contributed by atoms with Crippen LogP contribution >= 0.6 is 11.6 Å². The van der Waals surface area contributed by atoms with Gasteiger partial charge < -0.3 is 15.0 Å². The third-order valence-electron chi connectivity index (χ3n) is 3.84. The summed E-state index contributed by atoms with van der Waals surface area (Å²) < 4.78 is 5.07.